The average Bonchev–Trinajstić information content (AvgIpc) is 3.01. The molecule has 0 spiro atoms. The molecule has 132 valence electrons. The second-order valence-electron chi connectivity index (χ2n) is 5.09. The van der Waals surface area contributed by atoms with Gasteiger partial charge in [-0.3, -0.25) is 0 Å². The molecule has 1 aliphatic rings. The molecule has 0 saturated carbocycles. The summed E-state index contributed by atoms with van der Waals surface area (Å²) in [5, 5.41) is 2.79. The van der Waals surface area contributed by atoms with Crippen molar-refractivity contribution in [2.45, 2.75) is 12.9 Å². The number of anilines is 1. The van der Waals surface area contributed by atoms with Gasteiger partial charge in [0.15, 0.2) is 17.5 Å². The van der Waals surface area contributed by atoms with Gasteiger partial charge in [0.25, 0.3) is 0 Å². The van der Waals surface area contributed by atoms with Gasteiger partial charge >= 0.3 is 6.36 Å². The lowest BCUT2D eigenvalue weighted by molar-refractivity contribution is -0.274. The molecule has 25 heavy (non-hydrogen) atoms. The Morgan fingerprint density at radius 2 is 1.84 bits per heavy atom. The zero-order valence-corrected chi connectivity index (χ0v) is 12.8. The molecule has 3 N–H and O–H groups in total. The molecule has 0 fully saturated rings. The number of alkyl halides is 3. The predicted molar refractivity (Wildman–Crippen MR) is 84.6 cm³/mol. The summed E-state index contributed by atoms with van der Waals surface area (Å²) in [7, 11) is 0. The van der Waals surface area contributed by atoms with Crippen LogP contribution in [0.25, 0.3) is 0 Å². The first-order valence-corrected chi connectivity index (χ1v) is 7.20. The molecule has 0 radical (unpaired) electrons. The number of aliphatic imine (C=N–C) groups is 1. The van der Waals surface area contributed by atoms with Gasteiger partial charge in [-0.1, -0.05) is 6.07 Å². The maximum atomic E-state index is 12.1. The normalized spacial score (nSPS) is 13.6. The van der Waals surface area contributed by atoms with E-state index in [-0.39, 0.29) is 18.5 Å². The Morgan fingerprint density at radius 3 is 2.56 bits per heavy atom. The van der Waals surface area contributed by atoms with Crippen molar-refractivity contribution in [2.75, 3.05) is 12.1 Å². The van der Waals surface area contributed by atoms with E-state index in [2.05, 4.69) is 15.0 Å². The van der Waals surface area contributed by atoms with Crippen molar-refractivity contribution in [1.82, 2.24) is 0 Å². The Morgan fingerprint density at radius 1 is 1.12 bits per heavy atom. The number of hydrogen-bond acceptors (Lipinski definition) is 4. The van der Waals surface area contributed by atoms with Gasteiger partial charge in [0.05, 0.1) is 6.54 Å². The lowest BCUT2D eigenvalue weighted by Gasteiger charge is -2.10. The molecule has 9 heteroatoms. The van der Waals surface area contributed by atoms with Crippen molar-refractivity contribution in [3.63, 3.8) is 0 Å². The van der Waals surface area contributed by atoms with Crippen molar-refractivity contribution >= 4 is 11.6 Å². The molecule has 0 saturated heterocycles. The Hall–Kier alpha value is -3.10. The van der Waals surface area contributed by atoms with Crippen LogP contribution in [0.1, 0.15) is 5.56 Å². The van der Waals surface area contributed by atoms with Crippen LogP contribution in [0, 0.1) is 0 Å². The summed E-state index contributed by atoms with van der Waals surface area (Å²) in [6.45, 7) is 0.505. The van der Waals surface area contributed by atoms with E-state index in [0.29, 0.717) is 23.7 Å². The van der Waals surface area contributed by atoms with E-state index in [1.54, 1.807) is 6.07 Å². The van der Waals surface area contributed by atoms with Crippen LogP contribution in [0.2, 0.25) is 0 Å². The van der Waals surface area contributed by atoms with E-state index in [1.165, 1.54) is 24.3 Å². The topological polar surface area (TPSA) is 78.1 Å². The van der Waals surface area contributed by atoms with E-state index < -0.39 is 6.36 Å². The summed E-state index contributed by atoms with van der Waals surface area (Å²) >= 11 is 0. The number of benzene rings is 2. The van der Waals surface area contributed by atoms with Crippen LogP contribution in [-0.4, -0.2) is 19.1 Å². The monoisotopic (exact) mass is 353 g/mol. The van der Waals surface area contributed by atoms with Gasteiger partial charge in [-0.25, -0.2) is 4.99 Å². The highest BCUT2D eigenvalue weighted by Crippen LogP contribution is 2.32. The van der Waals surface area contributed by atoms with E-state index in [1.807, 2.05) is 12.1 Å². The summed E-state index contributed by atoms with van der Waals surface area (Å²) in [5.74, 6) is 1.15. The fourth-order valence-corrected chi connectivity index (χ4v) is 2.14. The molecule has 0 unspecified atom stereocenters. The van der Waals surface area contributed by atoms with Crippen LogP contribution in [0.3, 0.4) is 0 Å². The maximum Gasteiger partial charge on any atom is 0.573 e. The number of guanidine groups is 1. The van der Waals surface area contributed by atoms with Crippen LogP contribution in [0.5, 0.6) is 17.2 Å². The minimum Gasteiger partial charge on any atom is -0.454 e. The van der Waals surface area contributed by atoms with Crippen LogP contribution in [-0.2, 0) is 6.54 Å². The number of halogens is 3. The molecule has 0 aromatic heterocycles. The fourth-order valence-electron chi connectivity index (χ4n) is 2.14. The lowest BCUT2D eigenvalue weighted by Crippen LogP contribution is -2.22. The number of hydrogen-bond donors (Lipinski definition) is 2. The van der Waals surface area contributed by atoms with Crippen LogP contribution >= 0.6 is 0 Å². The molecule has 1 heterocycles. The van der Waals surface area contributed by atoms with Gasteiger partial charge in [0.1, 0.15) is 5.75 Å². The number of ether oxygens (including phenoxy) is 3. The van der Waals surface area contributed by atoms with Crippen molar-refractivity contribution < 1.29 is 27.4 Å². The second kappa shape index (κ2) is 6.80. The third kappa shape index (κ3) is 4.69. The molecule has 2 aromatic carbocycles. The molecule has 0 amide bonds. The lowest BCUT2D eigenvalue weighted by atomic mass is 10.2. The summed E-state index contributed by atoms with van der Waals surface area (Å²) in [4.78, 5) is 4.17. The standard InChI is InChI=1S/C16H14F3N3O3/c17-16(18,19)25-12-4-2-11(3-5-12)22-15(20)21-8-10-1-6-13-14(7-10)24-9-23-13/h1-7H,8-9H2,(H3,20,21,22). The van der Waals surface area contributed by atoms with E-state index >= 15 is 0 Å². The Labute approximate surface area is 141 Å². The molecular formula is C16H14F3N3O3. The van der Waals surface area contributed by atoms with E-state index in [4.69, 9.17) is 15.2 Å². The number of nitrogens with zero attached hydrogens (tertiary/aromatic N) is 1. The van der Waals surface area contributed by atoms with Crippen molar-refractivity contribution in [2.24, 2.45) is 10.7 Å². The largest absolute Gasteiger partial charge is 0.573 e. The number of nitrogens with two attached hydrogens (primary N) is 1. The summed E-state index contributed by atoms with van der Waals surface area (Å²) < 4.78 is 50.6. The minimum absolute atomic E-state index is 0.127. The summed E-state index contributed by atoms with van der Waals surface area (Å²) in [6.07, 6.45) is -4.72. The predicted octanol–water partition coefficient (Wildman–Crippen LogP) is 3.24. The van der Waals surface area contributed by atoms with Gasteiger partial charge < -0.3 is 25.3 Å². The van der Waals surface area contributed by atoms with Gasteiger partial charge in [-0.15, -0.1) is 13.2 Å². The second-order valence-corrected chi connectivity index (χ2v) is 5.09. The Bertz CT molecular complexity index is 776. The maximum absolute atomic E-state index is 12.1. The summed E-state index contributed by atoms with van der Waals surface area (Å²) in [5.41, 5.74) is 7.14. The zero-order chi connectivity index (χ0) is 17.9. The molecule has 0 aliphatic carbocycles. The highest BCUT2D eigenvalue weighted by molar-refractivity contribution is 5.92. The third-order valence-electron chi connectivity index (χ3n) is 3.23. The van der Waals surface area contributed by atoms with Gasteiger partial charge in [-0.05, 0) is 42.0 Å². The molecule has 6 nitrogen and oxygen atoms in total. The smallest absolute Gasteiger partial charge is 0.454 e. The third-order valence-corrected chi connectivity index (χ3v) is 3.23. The van der Waals surface area contributed by atoms with Crippen molar-refractivity contribution in [1.29, 1.82) is 0 Å². The first kappa shape index (κ1) is 16.7. The quantitative estimate of drug-likeness (QED) is 0.652. The molecule has 3 rings (SSSR count). The van der Waals surface area contributed by atoms with Crippen LogP contribution in [0.15, 0.2) is 47.5 Å². The minimum atomic E-state index is -4.72. The number of nitrogens with one attached hydrogen (secondary N) is 1. The number of rotatable bonds is 4. The van der Waals surface area contributed by atoms with Crippen molar-refractivity contribution in [3.05, 3.63) is 48.0 Å². The number of fused-ring (bicyclic) bond motifs is 1. The van der Waals surface area contributed by atoms with Gasteiger partial charge in [0.2, 0.25) is 6.79 Å². The summed E-state index contributed by atoms with van der Waals surface area (Å²) in [6, 6.07) is 10.6. The Kier molecular flexibility index (Phi) is 4.55. The van der Waals surface area contributed by atoms with Crippen LogP contribution < -0.4 is 25.3 Å². The van der Waals surface area contributed by atoms with Gasteiger partial charge in [-0.2, -0.15) is 0 Å². The van der Waals surface area contributed by atoms with E-state index in [9.17, 15) is 13.2 Å². The zero-order valence-electron chi connectivity index (χ0n) is 12.8. The highest BCUT2D eigenvalue weighted by Gasteiger charge is 2.30. The SMILES string of the molecule is NC(=NCc1ccc2c(c1)OCO2)Nc1ccc(OC(F)(F)F)cc1. The molecule has 1 aliphatic heterocycles. The Balaban J connectivity index is 1.58. The first-order valence-electron chi connectivity index (χ1n) is 7.20. The fraction of sp³-hybridized carbons (Fsp3) is 0.188. The highest BCUT2D eigenvalue weighted by atomic mass is 19.4. The molecule has 0 atom stereocenters. The molecule has 0 bridgehead atoms. The first-order chi connectivity index (χ1) is 11.9. The average molecular weight is 353 g/mol. The molecule has 2 aromatic rings. The molecular weight excluding hydrogens is 339 g/mol. The van der Waals surface area contributed by atoms with Crippen molar-refractivity contribution in [3.8, 4) is 17.2 Å². The van der Waals surface area contributed by atoms with E-state index in [0.717, 1.165) is 5.56 Å². The van der Waals surface area contributed by atoms with Crippen LogP contribution in [0.4, 0.5) is 18.9 Å². The van der Waals surface area contributed by atoms with Gasteiger partial charge in [0, 0.05) is 5.69 Å².